The van der Waals surface area contributed by atoms with E-state index in [0.29, 0.717) is 13.0 Å². The van der Waals surface area contributed by atoms with E-state index in [1.807, 2.05) is 19.1 Å². The highest BCUT2D eigenvalue weighted by Crippen LogP contribution is 2.18. The molecule has 0 atom stereocenters. The van der Waals surface area contributed by atoms with E-state index >= 15 is 0 Å². The fourth-order valence-electron chi connectivity index (χ4n) is 1.77. The van der Waals surface area contributed by atoms with Gasteiger partial charge in [0.15, 0.2) is 0 Å². The largest absolute Gasteiger partial charge is 0.352 e. The maximum absolute atomic E-state index is 10.9. The number of nitrogens with one attached hydrogen (secondary N) is 1. The molecule has 0 aromatic heterocycles. The Kier molecular flexibility index (Phi) is 4.90. The lowest BCUT2D eigenvalue weighted by atomic mass is 9.96. The first-order valence-corrected chi connectivity index (χ1v) is 5.68. The van der Waals surface area contributed by atoms with E-state index in [-0.39, 0.29) is 12.3 Å². The third kappa shape index (κ3) is 3.61. The minimum atomic E-state index is -0.100. The van der Waals surface area contributed by atoms with E-state index in [1.165, 1.54) is 6.92 Å². The van der Waals surface area contributed by atoms with Gasteiger partial charge in [-0.15, -0.1) is 0 Å². The van der Waals surface area contributed by atoms with Gasteiger partial charge in [-0.1, -0.05) is 12.1 Å². The maximum atomic E-state index is 10.9. The van der Waals surface area contributed by atoms with Gasteiger partial charge in [-0.3, -0.25) is 4.79 Å². The monoisotopic (exact) mass is 241 g/mol. The van der Waals surface area contributed by atoms with Gasteiger partial charge in [0.1, 0.15) is 0 Å². The van der Waals surface area contributed by atoms with Crippen molar-refractivity contribution in [2.24, 2.45) is 0 Å². The number of hydrogen-bond acceptors (Lipinski definition) is 3. The van der Waals surface area contributed by atoms with Gasteiger partial charge >= 0.3 is 0 Å². The van der Waals surface area contributed by atoms with Crippen LogP contribution in [0.3, 0.4) is 0 Å². The molecule has 4 nitrogen and oxygen atoms in total. The van der Waals surface area contributed by atoms with Crippen molar-refractivity contribution in [3.63, 3.8) is 0 Å². The van der Waals surface area contributed by atoms with Crippen LogP contribution >= 0.6 is 0 Å². The first kappa shape index (κ1) is 13.7. The number of amides is 1. The maximum Gasteiger partial charge on any atom is 0.217 e. The van der Waals surface area contributed by atoms with Crippen molar-refractivity contribution in [1.82, 2.24) is 5.32 Å². The molecule has 0 aliphatic heterocycles. The topological polar surface area (TPSA) is 76.7 Å². The van der Waals surface area contributed by atoms with Crippen molar-refractivity contribution in [2.75, 3.05) is 0 Å². The summed E-state index contributed by atoms with van der Waals surface area (Å²) in [5, 5.41) is 20.3. The molecule has 0 heterocycles. The average molecular weight is 241 g/mol. The van der Waals surface area contributed by atoms with E-state index in [2.05, 4.69) is 17.5 Å². The highest BCUT2D eigenvalue weighted by molar-refractivity contribution is 5.72. The summed E-state index contributed by atoms with van der Waals surface area (Å²) in [6, 6.07) is 8.04. The molecule has 1 rings (SSSR count). The standard InChI is InChI=1S/C14H15N3O/c1-10-7-14(9-17-11(2)18)13(4-6-16)8-12(10)3-5-15/h7-8H,3-4,9H2,1-2H3,(H,17,18). The Labute approximate surface area is 107 Å². The lowest BCUT2D eigenvalue weighted by molar-refractivity contribution is -0.119. The first-order chi connectivity index (χ1) is 8.58. The molecular formula is C14H15N3O. The highest BCUT2D eigenvalue weighted by atomic mass is 16.1. The number of nitriles is 2. The van der Waals surface area contributed by atoms with Gasteiger partial charge in [0.25, 0.3) is 0 Å². The zero-order valence-electron chi connectivity index (χ0n) is 10.6. The van der Waals surface area contributed by atoms with Crippen LogP contribution in [0.25, 0.3) is 0 Å². The zero-order chi connectivity index (χ0) is 13.5. The Morgan fingerprint density at radius 3 is 2.33 bits per heavy atom. The lowest BCUT2D eigenvalue weighted by Gasteiger charge is -2.12. The van der Waals surface area contributed by atoms with Gasteiger partial charge in [-0.05, 0) is 29.2 Å². The minimum Gasteiger partial charge on any atom is -0.352 e. The van der Waals surface area contributed by atoms with E-state index in [1.54, 1.807) is 0 Å². The van der Waals surface area contributed by atoms with Crippen LogP contribution in [0.4, 0.5) is 0 Å². The van der Waals surface area contributed by atoms with Crippen LogP contribution in [-0.2, 0) is 24.2 Å². The molecule has 0 fully saturated rings. The van der Waals surface area contributed by atoms with Crippen LogP contribution < -0.4 is 5.32 Å². The SMILES string of the molecule is CC(=O)NCc1cc(C)c(CC#N)cc1CC#N. The fourth-order valence-corrected chi connectivity index (χ4v) is 1.77. The van der Waals surface area contributed by atoms with E-state index in [0.717, 1.165) is 22.3 Å². The molecular weight excluding hydrogens is 226 g/mol. The molecule has 18 heavy (non-hydrogen) atoms. The van der Waals surface area contributed by atoms with Crippen LogP contribution in [0.1, 0.15) is 29.2 Å². The number of carbonyl (C=O) groups excluding carboxylic acids is 1. The molecule has 1 N–H and O–H groups in total. The molecule has 0 aliphatic carbocycles. The van der Waals surface area contributed by atoms with Crippen LogP contribution in [0.15, 0.2) is 12.1 Å². The van der Waals surface area contributed by atoms with E-state index in [4.69, 9.17) is 10.5 Å². The van der Waals surface area contributed by atoms with Crippen molar-refractivity contribution >= 4 is 5.91 Å². The molecule has 1 aromatic rings. The Balaban J connectivity index is 3.08. The Bertz CT molecular complexity index is 535. The first-order valence-electron chi connectivity index (χ1n) is 5.68. The summed E-state index contributed by atoms with van der Waals surface area (Å²) in [6.07, 6.45) is 0.623. The van der Waals surface area contributed by atoms with Gasteiger partial charge in [0.05, 0.1) is 25.0 Å². The second-order valence-corrected chi connectivity index (χ2v) is 4.13. The molecule has 0 unspecified atom stereocenters. The number of hydrogen-bond donors (Lipinski definition) is 1. The molecule has 4 heteroatoms. The quantitative estimate of drug-likeness (QED) is 0.872. The number of benzene rings is 1. The fraction of sp³-hybridized carbons (Fsp3) is 0.357. The van der Waals surface area contributed by atoms with Crippen molar-refractivity contribution in [3.8, 4) is 12.1 Å². The predicted molar refractivity (Wildman–Crippen MR) is 67.3 cm³/mol. The molecule has 92 valence electrons. The molecule has 0 saturated heterocycles. The Morgan fingerprint density at radius 1 is 1.17 bits per heavy atom. The molecule has 0 saturated carbocycles. The molecule has 1 aromatic carbocycles. The third-order valence-corrected chi connectivity index (χ3v) is 2.72. The second-order valence-electron chi connectivity index (χ2n) is 4.13. The zero-order valence-corrected chi connectivity index (χ0v) is 10.6. The molecule has 1 amide bonds. The summed E-state index contributed by atoms with van der Waals surface area (Å²) in [4.78, 5) is 10.9. The highest BCUT2D eigenvalue weighted by Gasteiger charge is 2.08. The smallest absolute Gasteiger partial charge is 0.217 e. The van der Waals surface area contributed by atoms with Gasteiger partial charge in [0.2, 0.25) is 5.91 Å². The molecule has 0 aliphatic rings. The van der Waals surface area contributed by atoms with Gasteiger partial charge in [0, 0.05) is 13.5 Å². The molecule has 0 spiro atoms. The number of carbonyl (C=O) groups is 1. The Hall–Kier alpha value is -2.33. The average Bonchev–Trinajstić information content (AvgIpc) is 2.31. The van der Waals surface area contributed by atoms with Crippen LogP contribution in [0.5, 0.6) is 0 Å². The van der Waals surface area contributed by atoms with Gasteiger partial charge in [-0.25, -0.2) is 0 Å². The van der Waals surface area contributed by atoms with Crippen molar-refractivity contribution in [2.45, 2.75) is 33.2 Å². The van der Waals surface area contributed by atoms with E-state index < -0.39 is 0 Å². The van der Waals surface area contributed by atoms with Crippen LogP contribution in [0, 0.1) is 29.6 Å². The van der Waals surface area contributed by atoms with E-state index in [9.17, 15) is 4.79 Å². The van der Waals surface area contributed by atoms with Gasteiger partial charge in [-0.2, -0.15) is 10.5 Å². The normalized spacial score (nSPS) is 9.33. The van der Waals surface area contributed by atoms with Gasteiger partial charge < -0.3 is 5.32 Å². The van der Waals surface area contributed by atoms with Crippen molar-refractivity contribution in [3.05, 3.63) is 34.4 Å². The summed E-state index contributed by atoms with van der Waals surface area (Å²) >= 11 is 0. The second kappa shape index (κ2) is 6.42. The summed E-state index contributed by atoms with van der Waals surface area (Å²) in [6.45, 7) is 3.81. The summed E-state index contributed by atoms with van der Waals surface area (Å²) in [5.74, 6) is -0.100. The van der Waals surface area contributed by atoms with Crippen molar-refractivity contribution in [1.29, 1.82) is 10.5 Å². The minimum absolute atomic E-state index is 0.100. The Morgan fingerprint density at radius 2 is 1.78 bits per heavy atom. The number of nitrogens with zero attached hydrogens (tertiary/aromatic N) is 2. The van der Waals surface area contributed by atoms with Crippen molar-refractivity contribution < 1.29 is 4.79 Å². The number of rotatable bonds is 4. The number of aryl methyl sites for hydroxylation is 1. The summed E-state index contributed by atoms with van der Waals surface area (Å²) in [5.41, 5.74) is 3.76. The van der Waals surface area contributed by atoms with Crippen LogP contribution in [0.2, 0.25) is 0 Å². The molecule has 0 bridgehead atoms. The summed E-state index contributed by atoms with van der Waals surface area (Å²) in [7, 11) is 0. The lowest BCUT2D eigenvalue weighted by Crippen LogP contribution is -2.20. The van der Waals surface area contributed by atoms with Crippen LogP contribution in [-0.4, -0.2) is 5.91 Å². The third-order valence-electron chi connectivity index (χ3n) is 2.72. The predicted octanol–water partition coefficient (Wildman–Crippen LogP) is 1.76. The summed E-state index contributed by atoms with van der Waals surface area (Å²) < 4.78 is 0. The molecule has 0 radical (unpaired) electrons.